The highest BCUT2D eigenvalue weighted by molar-refractivity contribution is 9.10. The van der Waals surface area contributed by atoms with Crippen LogP contribution in [0.15, 0.2) is 22.7 Å². The van der Waals surface area contributed by atoms with Crippen molar-refractivity contribution in [1.29, 1.82) is 0 Å². The smallest absolute Gasteiger partial charge is 0.137 e. The lowest BCUT2D eigenvalue weighted by Crippen LogP contribution is -2.14. The molecule has 1 rings (SSSR count). The van der Waals surface area contributed by atoms with Crippen LogP contribution in [0.4, 0.5) is 4.39 Å². The first kappa shape index (κ1) is 12.7. The van der Waals surface area contributed by atoms with Crippen LogP contribution in [0.25, 0.3) is 0 Å². The van der Waals surface area contributed by atoms with Gasteiger partial charge >= 0.3 is 0 Å². The summed E-state index contributed by atoms with van der Waals surface area (Å²) in [5, 5.41) is 0. The number of nitrogens with two attached hydrogens (primary N) is 1. The largest absolute Gasteiger partial charge is 0.324 e. The molecule has 0 heterocycles. The molecule has 1 nitrogen and oxygen atoms in total. The molecule has 0 saturated heterocycles. The number of hydrogen-bond acceptors (Lipinski definition) is 1. The van der Waals surface area contributed by atoms with Gasteiger partial charge in [-0.1, -0.05) is 32.4 Å². The molecule has 2 atom stereocenters. The van der Waals surface area contributed by atoms with Crippen molar-refractivity contribution in [1.82, 2.24) is 0 Å². The maximum Gasteiger partial charge on any atom is 0.137 e. The Morgan fingerprint density at radius 2 is 2.13 bits per heavy atom. The van der Waals surface area contributed by atoms with Crippen LogP contribution in [0, 0.1) is 11.7 Å². The first-order valence-electron chi connectivity index (χ1n) is 5.25. The Labute approximate surface area is 99.0 Å². The summed E-state index contributed by atoms with van der Waals surface area (Å²) in [4.78, 5) is 0. The fraction of sp³-hybridized carbons (Fsp3) is 0.500. The van der Waals surface area contributed by atoms with Crippen molar-refractivity contribution in [2.75, 3.05) is 0 Å². The second-order valence-electron chi connectivity index (χ2n) is 4.00. The van der Waals surface area contributed by atoms with Gasteiger partial charge < -0.3 is 5.73 Å². The van der Waals surface area contributed by atoms with Gasteiger partial charge in [0, 0.05) is 6.04 Å². The highest BCUT2D eigenvalue weighted by atomic mass is 79.9. The van der Waals surface area contributed by atoms with Crippen molar-refractivity contribution in [3.05, 3.63) is 34.1 Å². The summed E-state index contributed by atoms with van der Waals surface area (Å²) >= 11 is 3.24. The van der Waals surface area contributed by atoms with E-state index in [1.165, 1.54) is 6.07 Å². The highest BCUT2D eigenvalue weighted by Crippen LogP contribution is 2.28. The molecule has 0 spiro atoms. The van der Waals surface area contributed by atoms with E-state index in [0.29, 0.717) is 10.4 Å². The van der Waals surface area contributed by atoms with Gasteiger partial charge in [-0.3, -0.25) is 0 Å². The van der Waals surface area contributed by atoms with E-state index >= 15 is 0 Å². The second-order valence-corrected chi connectivity index (χ2v) is 4.79. The lowest BCUT2D eigenvalue weighted by Gasteiger charge is -2.17. The van der Waals surface area contributed by atoms with Crippen LogP contribution in [0.2, 0.25) is 0 Å². The van der Waals surface area contributed by atoms with Crippen molar-refractivity contribution in [3.8, 4) is 0 Å². The monoisotopic (exact) mass is 273 g/mol. The molecule has 0 radical (unpaired) electrons. The molecule has 1 aromatic carbocycles. The quantitative estimate of drug-likeness (QED) is 0.881. The molecule has 0 saturated carbocycles. The predicted molar refractivity (Wildman–Crippen MR) is 65.1 cm³/mol. The van der Waals surface area contributed by atoms with E-state index in [4.69, 9.17) is 5.73 Å². The Morgan fingerprint density at radius 3 is 2.73 bits per heavy atom. The predicted octanol–water partition coefficient (Wildman–Crippen LogP) is 4.02. The van der Waals surface area contributed by atoms with Crippen LogP contribution in [-0.4, -0.2) is 0 Å². The Kier molecular flexibility index (Phi) is 4.74. The molecular weight excluding hydrogens is 257 g/mol. The third-order valence-electron chi connectivity index (χ3n) is 2.73. The molecule has 2 unspecified atom stereocenters. The van der Waals surface area contributed by atoms with Crippen LogP contribution in [0.1, 0.15) is 38.3 Å². The van der Waals surface area contributed by atoms with Gasteiger partial charge in [0.2, 0.25) is 0 Å². The van der Waals surface area contributed by atoms with Gasteiger partial charge in [-0.25, -0.2) is 4.39 Å². The fourth-order valence-electron chi connectivity index (χ4n) is 1.53. The maximum absolute atomic E-state index is 13.3. The molecule has 0 aliphatic rings. The number of halogens is 2. The summed E-state index contributed by atoms with van der Waals surface area (Å²) in [5.74, 6) is 0.322. The molecule has 84 valence electrons. The zero-order valence-electron chi connectivity index (χ0n) is 9.13. The van der Waals surface area contributed by atoms with E-state index in [1.807, 2.05) is 6.07 Å². The van der Waals surface area contributed by atoms with Gasteiger partial charge in [0.05, 0.1) is 4.47 Å². The van der Waals surface area contributed by atoms with Crippen LogP contribution >= 0.6 is 15.9 Å². The molecule has 0 aliphatic heterocycles. The summed E-state index contributed by atoms with van der Waals surface area (Å²) < 4.78 is 13.8. The Hall–Kier alpha value is -0.410. The van der Waals surface area contributed by atoms with Crippen molar-refractivity contribution < 1.29 is 4.39 Å². The lowest BCUT2D eigenvalue weighted by molar-refractivity contribution is 0.458. The van der Waals surface area contributed by atoms with Crippen LogP contribution in [-0.2, 0) is 0 Å². The Morgan fingerprint density at radius 1 is 1.47 bits per heavy atom. The van der Waals surface area contributed by atoms with Crippen LogP contribution < -0.4 is 5.73 Å². The first-order valence-corrected chi connectivity index (χ1v) is 6.05. The van der Waals surface area contributed by atoms with Gasteiger partial charge in [0.25, 0.3) is 0 Å². The van der Waals surface area contributed by atoms with E-state index in [9.17, 15) is 4.39 Å². The highest BCUT2D eigenvalue weighted by Gasteiger charge is 2.14. The van der Waals surface area contributed by atoms with Gasteiger partial charge in [-0.15, -0.1) is 0 Å². The summed E-state index contributed by atoms with van der Waals surface area (Å²) in [5.41, 5.74) is 6.90. The van der Waals surface area contributed by atoms with Crippen molar-refractivity contribution >= 4 is 15.9 Å². The lowest BCUT2D eigenvalue weighted by atomic mass is 9.95. The third-order valence-corrected chi connectivity index (χ3v) is 3.57. The zero-order valence-corrected chi connectivity index (χ0v) is 10.7. The summed E-state index contributed by atoms with van der Waals surface area (Å²) in [6.07, 6.45) is 1.99. The molecular formula is C12H17BrFN. The number of rotatable bonds is 4. The van der Waals surface area contributed by atoms with Gasteiger partial charge in [0.15, 0.2) is 0 Å². The van der Waals surface area contributed by atoms with E-state index < -0.39 is 0 Å². The molecule has 0 aliphatic carbocycles. The summed E-state index contributed by atoms with van der Waals surface area (Å²) in [7, 11) is 0. The summed E-state index contributed by atoms with van der Waals surface area (Å²) in [6.45, 7) is 4.30. The van der Waals surface area contributed by atoms with E-state index in [-0.39, 0.29) is 11.9 Å². The van der Waals surface area contributed by atoms with Gasteiger partial charge in [-0.05, 0) is 39.9 Å². The van der Waals surface area contributed by atoms with Crippen LogP contribution in [0.5, 0.6) is 0 Å². The topological polar surface area (TPSA) is 26.0 Å². The second kappa shape index (κ2) is 5.61. The molecule has 0 amide bonds. The molecule has 0 bridgehead atoms. The summed E-state index contributed by atoms with van der Waals surface area (Å²) in [6, 6.07) is 4.92. The molecule has 0 fully saturated rings. The Bertz CT molecular complexity index is 327. The van der Waals surface area contributed by atoms with Crippen molar-refractivity contribution in [3.63, 3.8) is 0 Å². The third kappa shape index (κ3) is 3.28. The Balaban J connectivity index is 2.82. The van der Waals surface area contributed by atoms with Gasteiger partial charge in [-0.2, -0.15) is 0 Å². The molecule has 3 heteroatoms. The minimum Gasteiger partial charge on any atom is -0.324 e. The molecule has 2 N–H and O–H groups in total. The van der Waals surface area contributed by atoms with Crippen molar-refractivity contribution in [2.24, 2.45) is 11.7 Å². The fourth-order valence-corrected chi connectivity index (χ4v) is 2.09. The average Bonchev–Trinajstić information content (AvgIpc) is 2.21. The van der Waals surface area contributed by atoms with E-state index in [2.05, 4.69) is 29.8 Å². The zero-order chi connectivity index (χ0) is 11.4. The number of benzene rings is 1. The molecule has 15 heavy (non-hydrogen) atoms. The molecule has 0 aromatic heterocycles. The SMILES string of the molecule is CCC(C)CC(N)c1cccc(F)c1Br. The van der Waals surface area contributed by atoms with E-state index in [0.717, 1.165) is 18.4 Å². The number of hydrogen-bond donors (Lipinski definition) is 1. The standard InChI is InChI=1S/C12H17BrFN/c1-3-8(2)7-11(15)9-5-4-6-10(14)12(9)13/h4-6,8,11H,3,7,15H2,1-2H3. The minimum atomic E-state index is -0.243. The molecule has 1 aromatic rings. The van der Waals surface area contributed by atoms with Crippen LogP contribution in [0.3, 0.4) is 0 Å². The van der Waals surface area contributed by atoms with E-state index in [1.54, 1.807) is 6.07 Å². The van der Waals surface area contributed by atoms with Crippen molar-refractivity contribution in [2.45, 2.75) is 32.7 Å². The maximum atomic E-state index is 13.3. The first-order chi connectivity index (χ1) is 7.06. The normalized spacial score (nSPS) is 15.0. The minimum absolute atomic E-state index is 0.0926. The van der Waals surface area contributed by atoms with Gasteiger partial charge in [0.1, 0.15) is 5.82 Å². The average molecular weight is 274 g/mol.